The van der Waals surface area contributed by atoms with Gasteiger partial charge in [-0.15, -0.1) is 0 Å². The van der Waals surface area contributed by atoms with Crippen LogP contribution in [0.15, 0.2) is 30.3 Å². The van der Waals surface area contributed by atoms with E-state index < -0.39 is 0 Å². The molecule has 0 saturated carbocycles. The van der Waals surface area contributed by atoms with Crippen molar-refractivity contribution in [3.63, 3.8) is 0 Å². The minimum absolute atomic E-state index is 0.195. The Balaban J connectivity index is 1.97. The van der Waals surface area contributed by atoms with Crippen LogP contribution in [0.2, 0.25) is 0 Å². The van der Waals surface area contributed by atoms with Gasteiger partial charge in [-0.05, 0) is 18.4 Å². The van der Waals surface area contributed by atoms with Crippen molar-refractivity contribution in [1.82, 2.24) is 4.90 Å². The fourth-order valence-corrected chi connectivity index (χ4v) is 2.51. The number of ether oxygens (including phenoxy) is 1. The fraction of sp³-hybridized carbons (Fsp3) is 0.562. The van der Waals surface area contributed by atoms with Crippen LogP contribution < -0.4 is 0 Å². The maximum Gasteiger partial charge on any atom is 0.222 e. The Kier molecular flexibility index (Phi) is 5.40. The van der Waals surface area contributed by atoms with Crippen LogP contribution in [0, 0.1) is 0 Å². The Morgan fingerprint density at radius 3 is 2.89 bits per heavy atom. The molecule has 19 heavy (non-hydrogen) atoms. The van der Waals surface area contributed by atoms with E-state index in [0.717, 1.165) is 25.8 Å². The molecule has 1 amide bonds. The van der Waals surface area contributed by atoms with Gasteiger partial charge in [0, 0.05) is 13.0 Å². The summed E-state index contributed by atoms with van der Waals surface area (Å²) in [5.41, 5.74) is 1.27. The number of carbonyl (C=O) groups is 1. The van der Waals surface area contributed by atoms with E-state index in [1.807, 2.05) is 23.1 Å². The van der Waals surface area contributed by atoms with Gasteiger partial charge in [-0.25, -0.2) is 0 Å². The molecule has 3 heteroatoms. The lowest BCUT2D eigenvalue weighted by atomic mass is 10.0. The summed E-state index contributed by atoms with van der Waals surface area (Å²) in [6, 6.07) is 10.5. The number of rotatable bonds is 5. The summed E-state index contributed by atoms with van der Waals surface area (Å²) in [5, 5.41) is 0. The van der Waals surface area contributed by atoms with E-state index in [0.29, 0.717) is 19.6 Å². The van der Waals surface area contributed by atoms with Gasteiger partial charge in [0.15, 0.2) is 0 Å². The number of unbranched alkanes of at least 4 members (excludes halogenated alkanes) is 1. The predicted molar refractivity (Wildman–Crippen MR) is 76.0 cm³/mol. The smallest absolute Gasteiger partial charge is 0.222 e. The number of hydrogen-bond acceptors (Lipinski definition) is 2. The molecule has 1 saturated heterocycles. The molecule has 0 aromatic heterocycles. The Morgan fingerprint density at radius 2 is 2.16 bits per heavy atom. The summed E-state index contributed by atoms with van der Waals surface area (Å²) >= 11 is 0. The minimum Gasteiger partial charge on any atom is -0.377 e. The molecule has 0 N–H and O–H groups in total. The standard InChI is InChI=1S/C16H23NO2/c1-2-3-9-16(18)17-10-11-19-13-15(17)12-14-7-5-4-6-8-14/h4-8,15H,2-3,9-13H2,1H3. The van der Waals surface area contributed by atoms with Gasteiger partial charge in [0.1, 0.15) is 0 Å². The summed E-state index contributed by atoms with van der Waals surface area (Å²) in [6.45, 7) is 4.18. The summed E-state index contributed by atoms with van der Waals surface area (Å²) in [6.07, 6.45) is 3.61. The largest absolute Gasteiger partial charge is 0.377 e. The van der Waals surface area contributed by atoms with E-state index in [1.54, 1.807) is 0 Å². The topological polar surface area (TPSA) is 29.5 Å². The van der Waals surface area contributed by atoms with E-state index >= 15 is 0 Å². The summed E-state index contributed by atoms with van der Waals surface area (Å²) in [5.74, 6) is 0.283. The Hall–Kier alpha value is -1.35. The number of morpholine rings is 1. The van der Waals surface area contributed by atoms with Crippen molar-refractivity contribution in [3.8, 4) is 0 Å². The molecule has 0 spiro atoms. The summed E-state index contributed by atoms with van der Waals surface area (Å²) in [7, 11) is 0. The SMILES string of the molecule is CCCCC(=O)N1CCOCC1Cc1ccccc1. The van der Waals surface area contributed by atoms with E-state index in [4.69, 9.17) is 4.74 Å². The first-order chi connectivity index (χ1) is 9.31. The molecule has 1 atom stereocenters. The second kappa shape index (κ2) is 7.29. The molecule has 0 bridgehead atoms. The zero-order chi connectivity index (χ0) is 13.5. The molecular formula is C16H23NO2. The van der Waals surface area contributed by atoms with E-state index in [-0.39, 0.29) is 11.9 Å². The number of benzene rings is 1. The highest BCUT2D eigenvalue weighted by Crippen LogP contribution is 2.15. The number of amides is 1. The molecule has 1 aromatic rings. The third-order valence-electron chi connectivity index (χ3n) is 3.61. The molecular weight excluding hydrogens is 238 g/mol. The molecule has 104 valence electrons. The molecule has 1 aromatic carbocycles. The number of hydrogen-bond donors (Lipinski definition) is 0. The summed E-state index contributed by atoms with van der Waals surface area (Å²) < 4.78 is 5.55. The van der Waals surface area contributed by atoms with Crippen LogP contribution in [0.1, 0.15) is 31.7 Å². The van der Waals surface area contributed by atoms with Crippen molar-refractivity contribution >= 4 is 5.91 Å². The van der Waals surface area contributed by atoms with Gasteiger partial charge >= 0.3 is 0 Å². The van der Waals surface area contributed by atoms with Crippen LogP contribution in [0.25, 0.3) is 0 Å². The molecule has 3 nitrogen and oxygen atoms in total. The van der Waals surface area contributed by atoms with Crippen LogP contribution in [-0.2, 0) is 16.0 Å². The van der Waals surface area contributed by atoms with Gasteiger partial charge in [-0.1, -0.05) is 43.7 Å². The van der Waals surface area contributed by atoms with Crippen LogP contribution in [0.5, 0.6) is 0 Å². The summed E-state index contributed by atoms with van der Waals surface area (Å²) in [4.78, 5) is 14.2. The zero-order valence-corrected chi connectivity index (χ0v) is 11.7. The van der Waals surface area contributed by atoms with Crippen LogP contribution in [-0.4, -0.2) is 36.6 Å². The van der Waals surface area contributed by atoms with Crippen molar-refractivity contribution in [1.29, 1.82) is 0 Å². The van der Waals surface area contributed by atoms with Crippen molar-refractivity contribution < 1.29 is 9.53 Å². The Labute approximate surface area is 115 Å². The van der Waals surface area contributed by atoms with Gasteiger partial charge in [0.2, 0.25) is 5.91 Å². The maximum atomic E-state index is 12.2. The highest BCUT2D eigenvalue weighted by atomic mass is 16.5. The van der Waals surface area contributed by atoms with E-state index in [1.165, 1.54) is 5.56 Å². The van der Waals surface area contributed by atoms with Gasteiger partial charge in [0.25, 0.3) is 0 Å². The molecule has 0 aliphatic carbocycles. The first kappa shape index (κ1) is 14.1. The van der Waals surface area contributed by atoms with E-state index in [9.17, 15) is 4.79 Å². The van der Waals surface area contributed by atoms with Gasteiger partial charge < -0.3 is 9.64 Å². The Morgan fingerprint density at radius 1 is 1.37 bits per heavy atom. The lowest BCUT2D eigenvalue weighted by Crippen LogP contribution is -2.49. The van der Waals surface area contributed by atoms with Crippen molar-refractivity contribution in [2.45, 2.75) is 38.6 Å². The highest BCUT2D eigenvalue weighted by molar-refractivity contribution is 5.76. The first-order valence-electron chi connectivity index (χ1n) is 7.22. The first-order valence-corrected chi connectivity index (χ1v) is 7.22. The van der Waals surface area contributed by atoms with Crippen molar-refractivity contribution in [2.24, 2.45) is 0 Å². The number of carbonyl (C=O) groups excluding carboxylic acids is 1. The average molecular weight is 261 g/mol. The van der Waals surface area contributed by atoms with Gasteiger partial charge in [-0.3, -0.25) is 4.79 Å². The third kappa shape index (κ3) is 4.06. The normalized spacial score (nSPS) is 19.4. The second-order valence-electron chi connectivity index (χ2n) is 5.11. The lowest BCUT2D eigenvalue weighted by Gasteiger charge is -2.36. The zero-order valence-electron chi connectivity index (χ0n) is 11.7. The molecule has 1 fully saturated rings. The Bertz CT molecular complexity index is 391. The molecule has 1 unspecified atom stereocenters. The third-order valence-corrected chi connectivity index (χ3v) is 3.61. The van der Waals surface area contributed by atoms with Crippen LogP contribution >= 0.6 is 0 Å². The lowest BCUT2D eigenvalue weighted by molar-refractivity contribution is -0.139. The van der Waals surface area contributed by atoms with Gasteiger partial charge in [-0.2, -0.15) is 0 Å². The van der Waals surface area contributed by atoms with Crippen molar-refractivity contribution in [2.75, 3.05) is 19.8 Å². The quantitative estimate of drug-likeness (QED) is 0.815. The second-order valence-corrected chi connectivity index (χ2v) is 5.11. The molecule has 0 radical (unpaired) electrons. The highest BCUT2D eigenvalue weighted by Gasteiger charge is 2.26. The maximum absolute atomic E-state index is 12.2. The minimum atomic E-state index is 0.195. The molecule has 2 rings (SSSR count). The average Bonchev–Trinajstić information content (AvgIpc) is 2.46. The molecule has 1 aliphatic rings. The predicted octanol–water partition coefficient (Wildman–Crippen LogP) is 2.65. The monoisotopic (exact) mass is 261 g/mol. The fourth-order valence-electron chi connectivity index (χ4n) is 2.51. The van der Waals surface area contributed by atoms with Crippen molar-refractivity contribution in [3.05, 3.63) is 35.9 Å². The number of nitrogens with zero attached hydrogens (tertiary/aromatic N) is 1. The van der Waals surface area contributed by atoms with Crippen LogP contribution in [0.4, 0.5) is 0 Å². The molecule has 1 aliphatic heterocycles. The van der Waals surface area contributed by atoms with E-state index in [2.05, 4.69) is 19.1 Å². The molecule has 1 heterocycles. The van der Waals surface area contributed by atoms with Crippen LogP contribution in [0.3, 0.4) is 0 Å². The van der Waals surface area contributed by atoms with Gasteiger partial charge in [0.05, 0.1) is 19.3 Å².